The molecular weight excluding hydrogens is 204 g/mol. The molecule has 14 heavy (non-hydrogen) atoms. The Hall–Kier alpha value is -1.03. The number of rotatable bonds is 3. The molecule has 0 saturated carbocycles. The Kier molecular flexibility index (Phi) is 3.52. The molecule has 1 rings (SSSR count). The van der Waals surface area contributed by atoms with Crippen LogP contribution in [0.25, 0.3) is 0 Å². The van der Waals surface area contributed by atoms with Gasteiger partial charge in [-0.3, -0.25) is 9.36 Å². The first-order valence-electron chi connectivity index (χ1n) is 4.38. The van der Waals surface area contributed by atoms with Gasteiger partial charge in [-0.1, -0.05) is 6.92 Å². The second kappa shape index (κ2) is 4.46. The summed E-state index contributed by atoms with van der Waals surface area (Å²) in [6.07, 6.45) is 1.46. The molecule has 0 aliphatic heterocycles. The smallest absolute Gasteiger partial charge is 0.303 e. The molecule has 78 valence electrons. The van der Waals surface area contributed by atoms with Crippen molar-refractivity contribution in [3.8, 4) is 0 Å². The molecule has 1 atom stereocenters. The van der Waals surface area contributed by atoms with E-state index in [2.05, 4.69) is 0 Å². The van der Waals surface area contributed by atoms with E-state index in [-0.39, 0.29) is 17.2 Å². The van der Waals surface area contributed by atoms with Gasteiger partial charge in [0.1, 0.15) is 0 Å². The van der Waals surface area contributed by atoms with Crippen molar-refractivity contribution in [1.82, 2.24) is 9.13 Å². The van der Waals surface area contributed by atoms with Crippen molar-refractivity contribution in [1.29, 1.82) is 0 Å². The molecule has 0 saturated heterocycles. The highest BCUT2D eigenvalue weighted by molar-refractivity contribution is 6.18. The van der Waals surface area contributed by atoms with Crippen LogP contribution >= 0.6 is 11.6 Å². The first-order valence-corrected chi connectivity index (χ1v) is 4.92. The maximum absolute atomic E-state index is 11.5. The second-order valence-corrected chi connectivity index (χ2v) is 3.73. The molecule has 1 unspecified atom stereocenters. The fourth-order valence-electron chi connectivity index (χ4n) is 1.14. The van der Waals surface area contributed by atoms with Gasteiger partial charge >= 0.3 is 5.69 Å². The van der Waals surface area contributed by atoms with Crippen molar-refractivity contribution in [3.05, 3.63) is 33.1 Å². The summed E-state index contributed by atoms with van der Waals surface area (Å²) in [5.74, 6) is 0.550. The largest absolute Gasteiger partial charge is 0.330 e. The fraction of sp³-hybridized carbons (Fsp3) is 0.556. The number of halogens is 1. The van der Waals surface area contributed by atoms with Gasteiger partial charge in [-0.05, 0) is 5.92 Å². The number of alkyl halides is 1. The lowest BCUT2D eigenvalue weighted by molar-refractivity contribution is 0.483. The zero-order valence-corrected chi connectivity index (χ0v) is 8.99. The predicted molar refractivity (Wildman–Crippen MR) is 55.8 cm³/mol. The predicted octanol–water partition coefficient (Wildman–Crippen LogP) is 0.422. The quantitative estimate of drug-likeness (QED) is 0.688. The van der Waals surface area contributed by atoms with Gasteiger partial charge in [0.25, 0.3) is 5.56 Å². The highest BCUT2D eigenvalue weighted by atomic mass is 35.5. The van der Waals surface area contributed by atoms with Crippen LogP contribution in [0.3, 0.4) is 0 Å². The summed E-state index contributed by atoms with van der Waals surface area (Å²) in [7, 11) is 1.61. The average Bonchev–Trinajstić information content (AvgIpc) is 2.18. The van der Waals surface area contributed by atoms with Gasteiger partial charge in [-0.2, -0.15) is 0 Å². The summed E-state index contributed by atoms with van der Waals surface area (Å²) in [6, 6.07) is 1.38. The van der Waals surface area contributed by atoms with E-state index in [1.165, 1.54) is 21.4 Å². The fourth-order valence-corrected chi connectivity index (χ4v) is 1.24. The van der Waals surface area contributed by atoms with Crippen LogP contribution < -0.4 is 11.2 Å². The van der Waals surface area contributed by atoms with Gasteiger partial charge in [-0.15, -0.1) is 11.6 Å². The Morgan fingerprint density at radius 2 is 2.14 bits per heavy atom. The Balaban J connectivity index is 3.14. The van der Waals surface area contributed by atoms with Crippen molar-refractivity contribution < 1.29 is 0 Å². The zero-order chi connectivity index (χ0) is 10.7. The minimum atomic E-state index is -0.297. The molecule has 0 N–H and O–H groups in total. The van der Waals surface area contributed by atoms with Crippen molar-refractivity contribution in [2.24, 2.45) is 13.0 Å². The molecule has 1 heterocycles. The van der Waals surface area contributed by atoms with Crippen molar-refractivity contribution in [3.63, 3.8) is 0 Å². The van der Waals surface area contributed by atoms with Gasteiger partial charge in [0.2, 0.25) is 0 Å². The van der Waals surface area contributed by atoms with Crippen LogP contribution in [0.4, 0.5) is 0 Å². The lowest BCUT2D eigenvalue weighted by Crippen LogP contribution is -2.39. The molecule has 0 aromatic carbocycles. The normalized spacial score (nSPS) is 12.8. The van der Waals surface area contributed by atoms with Crippen LogP contribution in [-0.4, -0.2) is 15.0 Å². The summed E-state index contributed by atoms with van der Waals surface area (Å²) in [6.45, 7) is 2.27. The van der Waals surface area contributed by atoms with E-state index in [4.69, 9.17) is 11.6 Å². The van der Waals surface area contributed by atoms with Crippen molar-refractivity contribution in [2.45, 2.75) is 13.5 Å². The lowest BCUT2D eigenvalue weighted by atomic mass is 10.2. The van der Waals surface area contributed by atoms with E-state index in [9.17, 15) is 9.59 Å². The van der Waals surface area contributed by atoms with Gasteiger partial charge in [0.15, 0.2) is 0 Å². The third-order valence-corrected chi connectivity index (χ3v) is 2.52. The molecule has 1 aromatic heterocycles. The molecule has 0 fully saturated rings. The molecular formula is C9H13ClN2O2. The molecule has 1 aromatic rings. The van der Waals surface area contributed by atoms with Crippen molar-refractivity contribution in [2.75, 3.05) is 5.88 Å². The molecule has 0 aliphatic carbocycles. The maximum Gasteiger partial charge on any atom is 0.330 e. The Bertz CT molecular complexity index is 422. The Morgan fingerprint density at radius 1 is 1.50 bits per heavy atom. The monoisotopic (exact) mass is 216 g/mol. The van der Waals surface area contributed by atoms with E-state index in [1.807, 2.05) is 6.92 Å². The van der Waals surface area contributed by atoms with E-state index >= 15 is 0 Å². The lowest BCUT2D eigenvalue weighted by Gasteiger charge is -2.09. The van der Waals surface area contributed by atoms with Crippen LogP contribution in [0.1, 0.15) is 6.92 Å². The highest BCUT2D eigenvalue weighted by Gasteiger charge is 2.06. The Labute approximate surface area is 86.7 Å². The number of aromatic nitrogens is 2. The molecule has 5 heteroatoms. The summed E-state index contributed by atoms with van der Waals surface area (Å²) < 4.78 is 2.58. The van der Waals surface area contributed by atoms with Crippen LogP contribution in [0.2, 0.25) is 0 Å². The number of hydrogen-bond donors (Lipinski definition) is 0. The zero-order valence-electron chi connectivity index (χ0n) is 8.24. The van der Waals surface area contributed by atoms with Gasteiger partial charge in [0.05, 0.1) is 0 Å². The highest BCUT2D eigenvalue weighted by Crippen LogP contribution is 1.98. The average molecular weight is 217 g/mol. The molecule has 4 nitrogen and oxygen atoms in total. The minimum Gasteiger partial charge on any atom is -0.303 e. The minimum absolute atomic E-state index is 0.115. The first-order chi connectivity index (χ1) is 6.56. The van der Waals surface area contributed by atoms with Gasteiger partial charge in [0, 0.05) is 31.7 Å². The molecule has 0 spiro atoms. The maximum atomic E-state index is 11.5. The summed E-state index contributed by atoms with van der Waals surface area (Å²) in [4.78, 5) is 22.9. The third-order valence-electron chi connectivity index (χ3n) is 2.00. The van der Waals surface area contributed by atoms with Gasteiger partial charge < -0.3 is 4.57 Å². The summed E-state index contributed by atoms with van der Waals surface area (Å²) in [5, 5.41) is 0. The second-order valence-electron chi connectivity index (χ2n) is 3.42. The van der Waals surface area contributed by atoms with Gasteiger partial charge in [-0.25, -0.2) is 4.79 Å². The SMILES string of the molecule is CC(CCl)Cn1c(=O)ccn(C)c1=O. The standard InChI is InChI=1S/C9H13ClN2O2/c1-7(5-10)6-12-8(13)3-4-11(2)9(12)14/h3-4,7H,5-6H2,1-2H3. The summed E-state index contributed by atoms with van der Waals surface area (Å²) in [5.41, 5.74) is -0.570. The number of hydrogen-bond acceptors (Lipinski definition) is 2. The van der Waals surface area contributed by atoms with E-state index in [0.29, 0.717) is 12.4 Å². The topological polar surface area (TPSA) is 44.0 Å². The Morgan fingerprint density at radius 3 is 2.71 bits per heavy atom. The van der Waals surface area contributed by atoms with Crippen LogP contribution in [-0.2, 0) is 13.6 Å². The van der Waals surface area contributed by atoms with E-state index in [1.54, 1.807) is 7.05 Å². The molecule has 0 amide bonds. The molecule has 0 aliphatic rings. The van der Waals surface area contributed by atoms with Crippen molar-refractivity contribution >= 4 is 11.6 Å². The number of aryl methyl sites for hydroxylation is 1. The van der Waals surface area contributed by atoms with Crippen LogP contribution in [0.5, 0.6) is 0 Å². The first kappa shape index (κ1) is 11.0. The number of nitrogens with zero attached hydrogens (tertiary/aromatic N) is 2. The van der Waals surface area contributed by atoms with E-state index < -0.39 is 0 Å². The summed E-state index contributed by atoms with van der Waals surface area (Å²) >= 11 is 5.62. The van der Waals surface area contributed by atoms with E-state index in [0.717, 1.165) is 0 Å². The molecule has 0 bridgehead atoms. The third kappa shape index (κ3) is 2.26. The van der Waals surface area contributed by atoms with Crippen LogP contribution in [0.15, 0.2) is 21.9 Å². The molecule has 0 radical (unpaired) electrons. The van der Waals surface area contributed by atoms with Crippen LogP contribution in [0, 0.1) is 5.92 Å².